The first-order valence-electron chi connectivity index (χ1n) is 6.24. The Labute approximate surface area is 112 Å². The van der Waals surface area contributed by atoms with Crippen LogP contribution in [0, 0.1) is 18.3 Å². The second-order valence-electron chi connectivity index (χ2n) is 4.79. The highest BCUT2D eigenvalue weighted by Crippen LogP contribution is 2.34. The van der Waals surface area contributed by atoms with E-state index in [0.717, 1.165) is 16.5 Å². The van der Waals surface area contributed by atoms with Crippen LogP contribution in [0.3, 0.4) is 0 Å². The maximum Gasteiger partial charge on any atom is 0.228 e. The average Bonchev–Trinajstić information content (AvgIpc) is 2.80. The fourth-order valence-electron chi connectivity index (χ4n) is 2.63. The van der Waals surface area contributed by atoms with E-state index in [4.69, 9.17) is 12.2 Å². The summed E-state index contributed by atoms with van der Waals surface area (Å²) in [4.78, 5) is 13.8. The van der Waals surface area contributed by atoms with E-state index in [1.54, 1.807) is 4.90 Å². The van der Waals surface area contributed by atoms with Crippen molar-refractivity contribution in [3.05, 3.63) is 36.4 Å². The number of nitrogens with zero attached hydrogens (tertiary/aromatic N) is 1. The molecule has 1 unspecified atom stereocenters. The first-order chi connectivity index (χ1) is 9.20. The Morgan fingerprint density at radius 1 is 1.26 bits per heavy atom. The van der Waals surface area contributed by atoms with Gasteiger partial charge in [0.2, 0.25) is 5.91 Å². The minimum atomic E-state index is -0.00677. The van der Waals surface area contributed by atoms with Gasteiger partial charge in [-0.3, -0.25) is 4.79 Å². The van der Waals surface area contributed by atoms with Gasteiger partial charge < -0.3 is 10.6 Å². The van der Waals surface area contributed by atoms with Gasteiger partial charge in [-0.15, -0.1) is 12.3 Å². The molecule has 3 heteroatoms. The largest absolute Gasteiger partial charge is 0.398 e. The van der Waals surface area contributed by atoms with E-state index in [1.165, 1.54) is 0 Å². The van der Waals surface area contributed by atoms with Gasteiger partial charge in [0.1, 0.15) is 0 Å². The fourth-order valence-corrected chi connectivity index (χ4v) is 2.63. The molecule has 0 aromatic heterocycles. The summed E-state index contributed by atoms with van der Waals surface area (Å²) in [5.41, 5.74) is 7.60. The molecule has 2 N–H and O–H groups in total. The molecule has 19 heavy (non-hydrogen) atoms. The van der Waals surface area contributed by atoms with Gasteiger partial charge in [0.05, 0.1) is 5.69 Å². The number of terminal acetylenes is 1. The van der Waals surface area contributed by atoms with E-state index < -0.39 is 0 Å². The van der Waals surface area contributed by atoms with Crippen LogP contribution >= 0.6 is 0 Å². The van der Waals surface area contributed by atoms with Crippen LogP contribution in [0.4, 0.5) is 11.4 Å². The average molecular weight is 250 g/mol. The highest BCUT2D eigenvalue weighted by molar-refractivity contribution is 6.09. The molecular formula is C16H14N2O. The third kappa shape index (κ3) is 1.82. The summed E-state index contributed by atoms with van der Waals surface area (Å²) in [5, 5.41) is 1.96. The molecule has 0 radical (unpaired) electrons. The lowest BCUT2D eigenvalue weighted by Gasteiger charge is -2.19. The van der Waals surface area contributed by atoms with Crippen molar-refractivity contribution < 1.29 is 4.79 Å². The molecule has 3 nitrogen and oxygen atoms in total. The maximum atomic E-state index is 12.1. The maximum absolute atomic E-state index is 12.1. The Kier molecular flexibility index (Phi) is 2.64. The van der Waals surface area contributed by atoms with Crippen molar-refractivity contribution in [2.75, 3.05) is 17.2 Å². The fraction of sp³-hybridized carbons (Fsp3) is 0.188. The molecule has 2 aromatic rings. The predicted octanol–water partition coefficient (Wildman–Crippen LogP) is 2.41. The van der Waals surface area contributed by atoms with Crippen molar-refractivity contribution >= 4 is 28.1 Å². The Hall–Kier alpha value is -2.47. The lowest BCUT2D eigenvalue weighted by molar-refractivity contribution is -0.117. The van der Waals surface area contributed by atoms with Crippen LogP contribution in [-0.4, -0.2) is 12.5 Å². The third-order valence-corrected chi connectivity index (χ3v) is 3.57. The molecule has 94 valence electrons. The summed E-state index contributed by atoms with van der Waals surface area (Å²) in [7, 11) is 0. The second kappa shape index (κ2) is 4.33. The van der Waals surface area contributed by atoms with Gasteiger partial charge >= 0.3 is 0 Å². The van der Waals surface area contributed by atoms with E-state index in [0.29, 0.717) is 18.7 Å². The van der Waals surface area contributed by atoms with Gasteiger partial charge in [-0.25, -0.2) is 0 Å². The number of rotatable bonds is 1. The molecule has 3 rings (SSSR count). The molecule has 1 heterocycles. The number of carbonyl (C=O) groups is 1. The van der Waals surface area contributed by atoms with Crippen LogP contribution in [0.25, 0.3) is 10.8 Å². The molecule has 0 bridgehead atoms. The number of fused-ring (bicyclic) bond motifs is 1. The number of nitrogen functional groups attached to an aromatic ring is 1. The molecule has 1 aliphatic heterocycles. The Morgan fingerprint density at radius 2 is 2.00 bits per heavy atom. The lowest BCUT2D eigenvalue weighted by Crippen LogP contribution is -2.24. The van der Waals surface area contributed by atoms with Crippen LogP contribution in [0.5, 0.6) is 0 Å². The van der Waals surface area contributed by atoms with Crippen LogP contribution < -0.4 is 10.6 Å². The minimum Gasteiger partial charge on any atom is -0.398 e. The van der Waals surface area contributed by atoms with Crippen LogP contribution in [-0.2, 0) is 4.79 Å². The molecule has 0 saturated carbocycles. The zero-order valence-corrected chi connectivity index (χ0v) is 10.5. The van der Waals surface area contributed by atoms with Crippen LogP contribution in [0.2, 0.25) is 0 Å². The first-order valence-corrected chi connectivity index (χ1v) is 6.24. The highest BCUT2D eigenvalue weighted by Gasteiger charge is 2.30. The van der Waals surface area contributed by atoms with Crippen molar-refractivity contribution in [3.63, 3.8) is 0 Å². The van der Waals surface area contributed by atoms with E-state index in [1.807, 2.05) is 36.4 Å². The van der Waals surface area contributed by atoms with E-state index >= 15 is 0 Å². The minimum absolute atomic E-state index is 0.00677. The van der Waals surface area contributed by atoms with E-state index in [9.17, 15) is 4.79 Å². The lowest BCUT2D eigenvalue weighted by atomic mass is 10.1. The summed E-state index contributed by atoms with van der Waals surface area (Å²) in [5.74, 6) is 2.72. The molecule has 1 aliphatic rings. The van der Waals surface area contributed by atoms with Crippen molar-refractivity contribution in [1.29, 1.82) is 0 Å². The Morgan fingerprint density at radius 3 is 2.68 bits per heavy atom. The van der Waals surface area contributed by atoms with Crippen LogP contribution in [0.1, 0.15) is 6.42 Å². The molecule has 1 atom stereocenters. The molecule has 1 saturated heterocycles. The second-order valence-corrected chi connectivity index (χ2v) is 4.79. The monoisotopic (exact) mass is 250 g/mol. The van der Waals surface area contributed by atoms with Crippen molar-refractivity contribution in [3.8, 4) is 12.3 Å². The Balaban J connectivity index is 2.16. The summed E-state index contributed by atoms with van der Waals surface area (Å²) in [6.45, 7) is 0.572. The van der Waals surface area contributed by atoms with Crippen molar-refractivity contribution in [2.24, 2.45) is 5.92 Å². The number of benzene rings is 2. The topological polar surface area (TPSA) is 46.3 Å². The van der Waals surface area contributed by atoms with Crippen LogP contribution in [0.15, 0.2) is 36.4 Å². The SMILES string of the molecule is C#CC1CC(=O)N(c2cccc3cccc(N)c23)C1. The van der Waals surface area contributed by atoms with Gasteiger partial charge in [-0.2, -0.15) is 0 Å². The van der Waals surface area contributed by atoms with E-state index in [2.05, 4.69) is 5.92 Å². The highest BCUT2D eigenvalue weighted by atomic mass is 16.2. The van der Waals surface area contributed by atoms with Crippen molar-refractivity contribution in [1.82, 2.24) is 0 Å². The molecular weight excluding hydrogens is 236 g/mol. The summed E-state index contributed by atoms with van der Waals surface area (Å²) in [6, 6.07) is 11.6. The molecule has 1 fully saturated rings. The van der Waals surface area contributed by atoms with Crippen molar-refractivity contribution in [2.45, 2.75) is 6.42 Å². The molecule has 2 aromatic carbocycles. The number of nitrogens with two attached hydrogens (primary N) is 1. The zero-order valence-electron chi connectivity index (χ0n) is 10.5. The van der Waals surface area contributed by atoms with Gasteiger partial charge in [-0.05, 0) is 17.5 Å². The van der Waals surface area contributed by atoms with Gasteiger partial charge in [0, 0.05) is 30.0 Å². The summed E-state index contributed by atoms with van der Waals surface area (Å²) < 4.78 is 0. The van der Waals surface area contributed by atoms with Gasteiger partial charge in [0.15, 0.2) is 0 Å². The summed E-state index contributed by atoms with van der Waals surface area (Å²) in [6.07, 6.45) is 5.84. The normalized spacial score (nSPS) is 18.8. The first kappa shape index (κ1) is 11.6. The number of anilines is 2. The smallest absolute Gasteiger partial charge is 0.228 e. The predicted molar refractivity (Wildman–Crippen MR) is 77.7 cm³/mol. The quantitative estimate of drug-likeness (QED) is 0.624. The van der Waals surface area contributed by atoms with Gasteiger partial charge in [-0.1, -0.05) is 24.3 Å². The number of hydrogen-bond donors (Lipinski definition) is 1. The molecule has 1 amide bonds. The van der Waals surface area contributed by atoms with Gasteiger partial charge in [0.25, 0.3) is 0 Å². The number of hydrogen-bond acceptors (Lipinski definition) is 2. The molecule has 0 aliphatic carbocycles. The third-order valence-electron chi connectivity index (χ3n) is 3.57. The zero-order chi connectivity index (χ0) is 13.4. The Bertz CT molecular complexity index is 694. The standard InChI is InChI=1S/C16H14N2O/c1-2-11-9-15(19)18(10-11)14-8-4-6-12-5-3-7-13(17)16(12)14/h1,3-8,11H,9-10,17H2. The number of carbonyl (C=O) groups excluding carboxylic acids is 1. The van der Waals surface area contributed by atoms with E-state index in [-0.39, 0.29) is 11.8 Å². The summed E-state index contributed by atoms with van der Waals surface area (Å²) >= 11 is 0. The number of amides is 1. The molecule has 0 spiro atoms.